The summed E-state index contributed by atoms with van der Waals surface area (Å²) in [5.41, 5.74) is 2.24. The molecule has 8 heteroatoms. The number of sulfone groups is 1. The molecule has 1 aromatic heterocycles. The van der Waals surface area contributed by atoms with Crippen molar-refractivity contribution in [1.29, 1.82) is 0 Å². The molecule has 1 unspecified atom stereocenters. The fourth-order valence-electron chi connectivity index (χ4n) is 3.75. The van der Waals surface area contributed by atoms with Gasteiger partial charge in [0.2, 0.25) is 15.7 Å². The number of fused-ring (bicyclic) bond motifs is 1. The van der Waals surface area contributed by atoms with Crippen molar-refractivity contribution in [3.05, 3.63) is 63.8 Å². The number of hydrogen-bond donors (Lipinski definition) is 1. The van der Waals surface area contributed by atoms with E-state index in [1.807, 2.05) is 32.0 Å². The summed E-state index contributed by atoms with van der Waals surface area (Å²) in [6, 6.07) is 12.3. The monoisotopic (exact) mass is 471 g/mol. The van der Waals surface area contributed by atoms with Crippen LogP contribution in [0.3, 0.4) is 0 Å². The highest BCUT2D eigenvalue weighted by Crippen LogP contribution is 2.47. The third-order valence-corrected chi connectivity index (χ3v) is 8.47. The van der Waals surface area contributed by atoms with Gasteiger partial charge in [0.25, 0.3) is 0 Å². The Morgan fingerprint density at radius 3 is 2.56 bits per heavy atom. The molecule has 0 fully saturated rings. The number of anilines is 1. The fraction of sp³-hybridized carbons (Fsp3) is 0.292. The summed E-state index contributed by atoms with van der Waals surface area (Å²) < 4.78 is 37.8. The molecule has 0 bridgehead atoms. The van der Waals surface area contributed by atoms with Crippen LogP contribution in [-0.4, -0.2) is 28.0 Å². The number of amides is 1. The minimum absolute atomic E-state index is 0.135. The molecule has 4 rings (SSSR count). The number of nitrogens with one attached hydrogen (secondary N) is 1. The lowest BCUT2D eigenvalue weighted by atomic mass is 9.90. The number of ether oxygens (including phenoxy) is 2. The smallest absolute Gasteiger partial charge is 0.225 e. The van der Waals surface area contributed by atoms with Gasteiger partial charge in [-0.15, -0.1) is 11.3 Å². The highest BCUT2D eigenvalue weighted by Gasteiger charge is 2.34. The summed E-state index contributed by atoms with van der Waals surface area (Å²) in [5, 5.41) is 4.42. The Balaban J connectivity index is 1.77. The van der Waals surface area contributed by atoms with Gasteiger partial charge in [-0.1, -0.05) is 30.7 Å². The van der Waals surface area contributed by atoms with Crippen LogP contribution in [-0.2, 0) is 14.6 Å². The van der Waals surface area contributed by atoms with Gasteiger partial charge in [-0.3, -0.25) is 4.79 Å². The van der Waals surface area contributed by atoms with Crippen molar-refractivity contribution in [3.8, 4) is 11.5 Å². The Kier molecular flexibility index (Phi) is 6.26. The van der Waals surface area contributed by atoms with Crippen LogP contribution in [0.5, 0.6) is 11.5 Å². The molecule has 0 saturated carbocycles. The summed E-state index contributed by atoms with van der Waals surface area (Å²) in [4.78, 5) is 13.8. The van der Waals surface area contributed by atoms with Crippen LogP contribution < -0.4 is 14.8 Å². The van der Waals surface area contributed by atoms with E-state index in [1.54, 1.807) is 36.8 Å². The Morgan fingerprint density at radius 2 is 1.88 bits per heavy atom. The van der Waals surface area contributed by atoms with Gasteiger partial charge in [0, 0.05) is 22.6 Å². The Labute approximate surface area is 192 Å². The minimum Gasteiger partial charge on any atom is -0.493 e. The molecular formula is C24H25NO5S2. The zero-order valence-electron chi connectivity index (χ0n) is 18.2. The Morgan fingerprint density at radius 1 is 1.12 bits per heavy atom. The SMILES string of the molecule is CCCOc1cc(C2CC(=O)Nc3c(S(=O)(=O)c4ccc(C)cc4)csc32)ccc1OC. The van der Waals surface area contributed by atoms with Crippen LogP contribution >= 0.6 is 11.3 Å². The van der Waals surface area contributed by atoms with E-state index in [1.165, 1.54) is 11.3 Å². The first-order chi connectivity index (χ1) is 15.3. The molecule has 1 aliphatic heterocycles. The third kappa shape index (κ3) is 4.12. The maximum Gasteiger partial charge on any atom is 0.225 e. The highest BCUT2D eigenvalue weighted by atomic mass is 32.2. The standard InChI is InChI=1S/C24H25NO5S2/c1-4-11-30-20-12-16(7-10-19(20)29-3)18-13-22(26)25-23-21(14-31-24(18)23)32(27,28)17-8-5-15(2)6-9-17/h5-10,12,14,18H,4,11,13H2,1-3H3,(H,25,26). The van der Waals surface area contributed by atoms with Gasteiger partial charge in [-0.2, -0.15) is 0 Å². The van der Waals surface area contributed by atoms with Gasteiger partial charge >= 0.3 is 0 Å². The molecule has 1 aliphatic rings. The number of carbonyl (C=O) groups excluding carboxylic acids is 1. The number of thiophene rings is 1. The summed E-state index contributed by atoms with van der Waals surface area (Å²) in [5.74, 6) is 0.758. The maximum atomic E-state index is 13.3. The summed E-state index contributed by atoms with van der Waals surface area (Å²) in [7, 11) is -2.18. The predicted molar refractivity (Wildman–Crippen MR) is 125 cm³/mol. The molecule has 1 amide bonds. The molecule has 1 N–H and O–H groups in total. The van der Waals surface area contributed by atoms with Crippen molar-refractivity contribution in [3.63, 3.8) is 0 Å². The van der Waals surface area contributed by atoms with Crippen molar-refractivity contribution in [2.24, 2.45) is 0 Å². The molecule has 1 atom stereocenters. The number of benzene rings is 2. The molecule has 168 valence electrons. The number of rotatable bonds is 7. The number of carbonyl (C=O) groups is 1. The number of hydrogen-bond acceptors (Lipinski definition) is 6. The highest BCUT2D eigenvalue weighted by molar-refractivity contribution is 7.91. The zero-order valence-corrected chi connectivity index (χ0v) is 19.8. The molecule has 2 heterocycles. The van der Waals surface area contributed by atoms with Crippen LogP contribution in [0.4, 0.5) is 5.69 Å². The second-order valence-corrected chi connectivity index (χ2v) is 10.5. The first-order valence-corrected chi connectivity index (χ1v) is 12.7. The van der Waals surface area contributed by atoms with Gasteiger partial charge in [-0.05, 0) is 43.2 Å². The van der Waals surface area contributed by atoms with E-state index in [2.05, 4.69) is 5.32 Å². The van der Waals surface area contributed by atoms with Crippen molar-refractivity contribution in [2.75, 3.05) is 19.0 Å². The lowest BCUT2D eigenvalue weighted by Gasteiger charge is -2.24. The average Bonchev–Trinajstić information content (AvgIpc) is 3.21. The van der Waals surface area contributed by atoms with Gasteiger partial charge in [0.1, 0.15) is 4.90 Å². The molecule has 0 radical (unpaired) electrons. The molecule has 0 saturated heterocycles. The molecule has 32 heavy (non-hydrogen) atoms. The zero-order chi connectivity index (χ0) is 22.9. The first kappa shape index (κ1) is 22.4. The van der Waals surface area contributed by atoms with E-state index in [9.17, 15) is 13.2 Å². The van der Waals surface area contributed by atoms with Crippen molar-refractivity contribution < 1.29 is 22.7 Å². The van der Waals surface area contributed by atoms with E-state index in [4.69, 9.17) is 9.47 Å². The lowest BCUT2D eigenvalue weighted by Crippen LogP contribution is -2.23. The molecule has 0 spiro atoms. The quantitative estimate of drug-likeness (QED) is 0.515. The van der Waals surface area contributed by atoms with E-state index in [0.29, 0.717) is 23.8 Å². The largest absolute Gasteiger partial charge is 0.493 e. The van der Waals surface area contributed by atoms with Gasteiger partial charge in [-0.25, -0.2) is 8.42 Å². The predicted octanol–water partition coefficient (Wildman–Crippen LogP) is 5.16. The molecule has 2 aromatic carbocycles. The van der Waals surface area contributed by atoms with Crippen LogP contribution in [0.15, 0.2) is 57.6 Å². The normalized spacial score (nSPS) is 15.7. The van der Waals surface area contributed by atoms with Crippen molar-refractivity contribution in [2.45, 2.75) is 42.4 Å². The van der Waals surface area contributed by atoms with E-state index in [0.717, 1.165) is 22.4 Å². The topological polar surface area (TPSA) is 81.7 Å². The van der Waals surface area contributed by atoms with E-state index < -0.39 is 9.84 Å². The lowest BCUT2D eigenvalue weighted by molar-refractivity contribution is -0.116. The van der Waals surface area contributed by atoms with Crippen LogP contribution in [0.25, 0.3) is 0 Å². The Hall–Kier alpha value is -2.84. The molecule has 3 aromatic rings. The molecule has 0 aliphatic carbocycles. The van der Waals surface area contributed by atoms with Crippen molar-refractivity contribution >= 4 is 32.8 Å². The number of methoxy groups -OCH3 is 1. The van der Waals surface area contributed by atoms with Crippen molar-refractivity contribution in [1.82, 2.24) is 0 Å². The number of aryl methyl sites for hydroxylation is 1. The van der Waals surface area contributed by atoms with Crippen LogP contribution in [0.1, 0.15) is 41.7 Å². The summed E-state index contributed by atoms with van der Waals surface area (Å²) in [6.07, 6.45) is 1.09. The summed E-state index contributed by atoms with van der Waals surface area (Å²) in [6.45, 7) is 4.48. The molecule has 6 nitrogen and oxygen atoms in total. The molecular weight excluding hydrogens is 446 g/mol. The van der Waals surface area contributed by atoms with Crippen LogP contribution in [0, 0.1) is 6.92 Å². The maximum absolute atomic E-state index is 13.3. The Bertz CT molecular complexity index is 1250. The second kappa shape index (κ2) is 8.96. The van der Waals surface area contributed by atoms with Crippen LogP contribution in [0.2, 0.25) is 0 Å². The van der Waals surface area contributed by atoms with Gasteiger partial charge in [0.05, 0.1) is 24.3 Å². The fourth-order valence-corrected chi connectivity index (χ4v) is 6.66. The second-order valence-electron chi connectivity index (χ2n) is 7.72. The van der Waals surface area contributed by atoms with Gasteiger partial charge < -0.3 is 14.8 Å². The summed E-state index contributed by atoms with van der Waals surface area (Å²) >= 11 is 1.35. The van der Waals surface area contributed by atoms with Gasteiger partial charge in [0.15, 0.2) is 11.5 Å². The third-order valence-electron chi connectivity index (χ3n) is 5.43. The van der Waals surface area contributed by atoms with E-state index >= 15 is 0 Å². The first-order valence-electron chi connectivity index (χ1n) is 10.4. The minimum atomic E-state index is -3.76. The van der Waals surface area contributed by atoms with E-state index in [-0.39, 0.29) is 28.0 Å². The average molecular weight is 472 g/mol.